The molecule has 1 amide bonds. The number of rotatable bonds is 1. The topological polar surface area (TPSA) is 65.8 Å². The maximum atomic E-state index is 12.3. The van der Waals surface area contributed by atoms with Gasteiger partial charge < -0.3 is 14.4 Å². The number of nitriles is 1. The van der Waals surface area contributed by atoms with Gasteiger partial charge in [0.15, 0.2) is 0 Å². The van der Waals surface area contributed by atoms with Gasteiger partial charge in [0.2, 0.25) is 0 Å². The number of benzene rings is 1. The average Bonchev–Trinajstić information content (AvgIpc) is 2.59. The summed E-state index contributed by atoms with van der Waals surface area (Å²) in [7, 11) is 0. The van der Waals surface area contributed by atoms with Gasteiger partial charge in [0.1, 0.15) is 5.60 Å². The fourth-order valence-electron chi connectivity index (χ4n) is 3.59. The Morgan fingerprint density at radius 3 is 2.77 bits per heavy atom. The molecule has 2 saturated heterocycles. The second kappa shape index (κ2) is 7.26. The SMILES string of the molecule is Cc1c(C#N)cccc1[C@@H]1CN2CCN(C(=O)OC(C)(C)C)C[C@@H]2CO1. The lowest BCUT2D eigenvalue weighted by molar-refractivity contribution is -0.0908. The van der Waals surface area contributed by atoms with Gasteiger partial charge >= 0.3 is 6.09 Å². The van der Waals surface area contributed by atoms with Crippen LogP contribution in [0.1, 0.15) is 43.6 Å². The van der Waals surface area contributed by atoms with Crippen molar-refractivity contribution in [1.29, 1.82) is 5.26 Å². The third kappa shape index (κ3) is 4.00. The summed E-state index contributed by atoms with van der Waals surface area (Å²) in [5.74, 6) is 0. The standard InChI is InChI=1S/C20H27N3O3/c1-14-15(10-21)6-5-7-17(14)18-12-22-8-9-23(11-16(22)13-25-18)19(24)26-20(2,3)4/h5-7,16,18H,8-9,11-13H2,1-4H3/t16-,18+/m1/s1. The zero-order valence-corrected chi connectivity index (χ0v) is 16.0. The Labute approximate surface area is 155 Å². The van der Waals surface area contributed by atoms with Crippen molar-refractivity contribution in [3.63, 3.8) is 0 Å². The lowest BCUT2D eigenvalue weighted by Gasteiger charge is -2.46. The van der Waals surface area contributed by atoms with E-state index >= 15 is 0 Å². The zero-order chi connectivity index (χ0) is 18.9. The molecule has 0 bridgehead atoms. The molecule has 0 radical (unpaired) electrons. The largest absolute Gasteiger partial charge is 0.444 e. The summed E-state index contributed by atoms with van der Waals surface area (Å²) < 4.78 is 11.6. The molecule has 0 unspecified atom stereocenters. The molecule has 3 rings (SSSR count). The van der Waals surface area contributed by atoms with E-state index in [1.807, 2.05) is 45.9 Å². The molecule has 2 fully saturated rings. The van der Waals surface area contributed by atoms with E-state index in [9.17, 15) is 10.1 Å². The first kappa shape index (κ1) is 18.7. The number of piperazine rings is 1. The minimum atomic E-state index is -0.480. The van der Waals surface area contributed by atoms with Crippen LogP contribution in [0.3, 0.4) is 0 Å². The van der Waals surface area contributed by atoms with Crippen LogP contribution in [0.2, 0.25) is 0 Å². The molecule has 26 heavy (non-hydrogen) atoms. The summed E-state index contributed by atoms with van der Waals surface area (Å²) in [4.78, 5) is 16.5. The Hall–Kier alpha value is -2.10. The van der Waals surface area contributed by atoms with Crippen LogP contribution >= 0.6 is 0 Å². The van der Waals surface area contributed by atoms with E-state index < -0.39 is 5.60 Å². The average molecular weight is 357 g/mol. The summed E-state index contributed by atoms with van der Waals surface area (Å²) >= 11 is 0. The monoisotopic (exact) mass is 357 g/mol. The van der Waals surface area contributed by atoms with E-state index in [4.69, 9.17) is 9.47 Å². The van der Waals surface area contributed by atoms with Crippen molar-refractivity contribution >= 4 is 6.09 Å². The number of morpholine rings is 1. The maximum absolute atomic E-state index is 12.3. The van der Waals surface area contributed by atoms with Crippen molar-refractivity contribution < 1.29 is 14.3 Å². The van der Waals surface area contributed by atoms with Crippen molar-refractivity contribution in [3.05, 3.63) is 34.9 Å². The molecule has 0 N–H and O–H groups in total. The number of hydrogen-bond donors (Lipinski definition) is 0. The Morgan fingerprint density at radius 2 is 2.08 bits per heavy atom. The van der Waals surface area contributed by atoms with Crippen molar-refractivity contribution in [3.8, 4) is 6.07 Å². The second-order valence-electron chi connectivity index (χ2n) is 8.03. The molecule has 2 aliphatic rings. The summed E-state index contributed by atoms with van der Waals surface area (Å²) in [6.45, 7) is 11.1. The van der Waals surface area contributed by atoms with Crippen LogP contribution in [0, 0.1) is 18.3 Å². The number of ether oxygens (including phenoxy) is 2. The number of nitrogens with zero attached hydrogens (tertiary/aromatic N) is 3. The van der Waals surface area contributed by atoms with Crippen molar-refractivity contribution in [2.45, 2.75) is 45.4 Å². The molecule has 2 heterocycles. The highest BCUT2D eigenvalue weighted by molar-refractivity contribution is 5.68. The van der Waals surface area contributed by atoms with E-state index in [-0.39, 0.29) is 18.2 Å². The molecule has 140 valence electrons. The summed E-state index contributed by atoms with van der Waals surface area (Å²) in [5, 5.41) is 9.24. The quantitative estimate of drug-likeness (QED) is 0.773. The van der Waals surface area contributed by atoms with E-state index in [1.54, 1.807) is 4.90 Å². The Bertz CT molecular complexity index is 720. The van der Waals surface area contributed by atoms with Crippen LogP contribution in [-0.2, 0) is 9.47 Å². The number of carbonyl (C=O) groups excluding carboxylic acids is 1. The summed E-state index contributed by atoms with van der Waals surface area (Å²) in [6.07, 6.45) is -0.288. The fraction of sp³-hybridized carbons (Fsp3) is 0.600. The summed E-state index contributed by atoms with van der Waals surface area (Å²) in [6, 6.07) is 8.22. The molecule has 2 aliphatic heterocycles. The molecule has 1 aromatic rings. The van der Waals surface area contributed by atoms with Gasteiger partial charge in [-0.1, -0.05) is 12.1 Å². The minimum Gasteiger partial charge on any atom is -0.444 e. The third-order valence-corrected chi connectivity index (χ3v) is 4.99. The van der Waals surface area contributed by atoms with Gasteiger partial charge in [-0.2, -0.15) is 5.26 Å². The van der Waals surface area contributed by atoms with Gasteiger partial charge in [0.05, 0.1) is 30.4 Å². The highest BCUT2D eigenvalue weighted by Crippen LogP contribution is 2.30. The van der Waals surface area contributed by atoms with Crippen LogP contribution in [0.25, 0.3) is 0 Å². The molecule has 2 atom stereocenters. The lowest BCUT2D eigenvalue weighted by atomic mass is 9.96. The first-order valence-electron chi connectivity index (χ1n) is 9.11. The molecule has 0 saturated carbocycles. The first-order valence-corrected chi connectivity index (χ1v) is 9.11. The molecule has 6 nitrogen and oxygen atoms in total. The van der Waals surface area contributed by atoms with Gasteiger partial charge in [-0.25, -0.2) is 4.79 Å². The van der Waals surface area contributed by atoms with Crippen LogP contribution in [0.5, 0.6) is 0 Å². The van der Waals surface area contributed by atoms with Gasteiger partial charge in [-0.05, 0) is 44.9 Å². The normalized spacial score (nSPS) is 23.9. The van der Waals surface area contributed by atoms with Crippen LogP contribution in [0.15, 0.2) is 18.2 Å². The van der Waals surface area contributed by atoms with E-state index in [0.29, 0.717) is 25.3 Å². The van der Waals surface area contributed by atoms with E-state index in [0.717, 1.165) is 24.2 Å². The molecular weight excluding hydrogens is 330 g/mol. The minimum absolute atomic E-state index is 0.0346. The number of amides is 1. The van der Waals surface area contributed by atoms with Crippen molar-refractivity contribution in [2.75, 3.05) is 32.8 Å². The highest BCUT2D eigenvalue weighted by Gasteiger charge is 2.37. The summed E-state index contributed by atoms with van der Waals surface area (Å²) in [5.41, 5.74) is 2.29. The molecule has 0 aromatic heterocycles. The number of hydrogen-bond acceptors (Lipinski definition) is 5. The van der Waals surface area contributed by atoms with Crippen molar-refractivity contribution in [2.24, 2.45) is 0 Å². The maximum Gasteiger partial charge on any atom is 0.410 e. The van der Waals surface area contributed by atoms with Gasteiger partial charge in [-0.3, -0.25) is 4.90 Å². The molecule has 0 aliphatic carbocycles. The Morgan fingerprint density at radius 1 is 1.31 bits per heavy atom. The fourth-order valence-corrected chi connectivity index (χ4v) is 3.59. The lowest BCUT2D eigenvalue weighted by Crippen LogP contribution is -2.60. The number of fused-ring (bicyclic) bond motifs is 1. The molecule has 6 heteroatoms. The Kier molecular flexibility index (Phi) is 5.22. The molecule has 0 spiro atoms. The Balaban J connectivity index is 1.64. The van der Waals surface area contributed by atoms with E-state index in [1.165, 1.54) is 0 Å². The van der Waals surface area contributed by atoms with Crippen LogP contribution in [0.4, 0.5) is 4.79 Å². The van der Waals surface area contributed by atoms with Crippen molar-refractivity contribution in [1.82, 2.24) is 9.80 Å². The van der Waals surface area contributed by atoms with Gasteiger partial charge in [0, 0.05) is 26.2 Å². The molecular formula is C20H27N3O3. The molecule has 1 aromatic carbocycles. The van der Waals surface area contributed by atoms with Gasteiger partial charge in [-0.15, -0.1) is 0 Å². The third-order valence-electron chi connectivity index (χ3n) is 4.99. The van der Waals surface area contributed by atoms with Gasteiger partial charge in [0.25, 0.3) is 0 Å². The number of carbonyl (C=O) groups is 1. The predicted octanol–water partition coefficient (Wildman–Crippen LogP) is 2.86. The van der Waals surface area contributed by atoms with Crippen LogP contribution in [-0.4, -0.2) is 60.3 Å². The smallest absolute Gasteiger partial charge is 0.410 e. The first-order chi connectivity index (χ1) is 12.3. The highest BCUT2D eigenvalue weighted by atomic mass is 16.6. The van der Waals surface area contributed by atoms with Crippen LogP contribution < -0.4 is 0 Å². The second-order valence-corrected chi connectivity index (χ2v) is 8.03. The van der Waals surface area contributed by atoms with E-state index in [2.05, 4.69) is 11.0 Å². The zero-order valence-electron chi connectivity index (χ0n) is 16.0. The predicted molar refractivity (Wildman–Crippen MR) is 97.8 cm³/mol.